The molecular weight excluding hydrogens is 402 g/mol. The van der Waals surface area contributed by atoms with Gasteiger partial charge < -0.3 is 15.2 Å². The van der Waals surface area contributed by atoms with Gasteiger partial charge in [0.25, 0.3) is 5.91 Å². The van der Waals surface area contributed by atoms with Crippen molar-refractivity contribution in [2.45, 2.75) is 13.0 Å². The zero-order valence-electron chi connectivity index (χ0n) is 17.7. The van der Waals surface area contributed by atoms with Crippen LogP contribution in [0.5, 0.6) is 5.75 Å². The molecule has 0 saturated heterocycles. The highest BCUT2D eigenvalue weighted by Crippen LogP contribution is 2.21. The molecule has 5 nitrogen and oxygen atoms in total. The first kappa shape index (κ1) is 21.1. The molecule has 0 atom stereocenters. The van der Waals surface area contributed by atoms with Crippen LogP contribution in [0, 0.1) is 0 Å². The Hall–Kier alpha value is -4.12. The molecule has 0 fully saturated rings. The molecule has 0 saturated carbocycles. The van der Waals surface area contributed by atoms with Gasteiger partial charge in [0.1, 0.15) is 5.75 Å². The van der Waals surface area contributed by atoms with Crippen LogP contribution in [0.1, 0.15) is 37.4 Å². The first-order chi connectivity index (χ1) is 15.5. The van der Waals surface area contributed by atoms with E-state index in [9.17, 15) is 9.59 Å². The van der Waals surface area contributed by atoms with Gasteiger partial charge in [0.05, 0.1) is 12.7 Å². The van der Waals surface area contributed by atoms with E-state index in [4.69, 9.17) is 9.84 Å². The van der Waals surface area contributed by atoms with Crippen molar-refractivity contribution < 1.29 is 19.4 Å². The third kappa shape index (κ3) is 4.95. The molecule has 160 valence electrons. The summed E-state index contributed by atoms with van der Waals surface area (Å²) in [5, 5.41) is 14.0. The van der Waals surface area contributed by atoms with E-state index in [1.165, 1.54) is 0 Å². The highest BCUT2D eigenvalue weighted by Gasteiger charge is 2.08. The van der Waals surface area contributed by atoms with E-state index >= 15 is 0 Å². The van der Waals surface area contributed by atoms with Crippen LogP contribution in [0.25, 0.3) is 10.8 Å². The number of carbonyl (C=O) groups excluding carboxylic acids is 1. The van der Waals surface area contributed by atoms with Gasteiger partial charge in [-0.3, -0.25) is 4.79 Å². The second-order valence-corrected chi connectivity index (χ2v) is 7.61. The zero-order chi connectivity index (χ0) is 22.5. The molecule has 0 aliphatic rings. The van der Waals surface area contributed by atoms with Crippen LogP contribution in [0.15, 0.2) is 84.9 Å². The first-order valence-electron chi connectivity index (χ1n) is 10.3. The van der Waals surface area contributed by atoms with Crippen molar-refractivity contribution in [2.75, 3.05) is 7.11 Å². The average molecular weight is 425 g/mol. The Kier molecular flexibility index (Phi) is 6.17. The molecule has 0 heterocycles. The predicted molar refractivity (Wildman–Crippen MR) is 124 cm³/mol. The zero-order valence-corrected chi connectivity index (χ0v) is 17.7. The summed E-state index contributed by atoms with van der Waals surface area (Å²) in [4.78, 5) is 23.7. The summed E-state index contributed by atoms with van der Waals surface area (Å²) in [6, 6.07) is 26.3. The van der Waals surface area contributed by atoms with Gasteiger partial charge >= 0.3 is 5.97 Å². The number of hydrogen-bond acceptors (Lipinski definition) is 3. The maximum atomic E-state index is 12.7. The lowest BCUT2D eigenvalue weighted by Crippen LogP contribution is -2.22. The third-order valence-electron chi connectivity index (χ3n) is 5.36. The Morgan fingerprint density at radius 3 is 2.25 bits per heavy atom. The maximum absolute atomic E-state index is 12.7. The number of aromatic carboxylic acids is 1. The van der Waals surface area contributed by atoms with Gasteiger partial charge in [-0.2, -0.15) is 0 Å². The van der Waals surface area contributed by atoms with E-state index in [2.05, 4.69) is 17.4 Å². The van der Waals surface area contributed by atoms with Crippen LogP contribution in [-0.2, 0) is 13.0 Å². The van der Waals surface area contributed by atoms with Gasteiger partial charge in [0.15, 0.2) is 0 Å². The van der Waals surface area contributed by atoms with E-state index < -0.39 is 5.97 Å². The van der Waals surface area contributed by atoms with Gasteiger partial charge in [-0.05, 0) is 70.3 Å². The Morgan fingerprint density at radius 2 is 1.50 bits per heavy atom. The molecule has 4 aromatic rings. The van der Waals surface area contributed by atoms with E-state index in [0.717, 1.165) is 33.2 Å². The van der Waals surface area contributed by atoms with E-state index in [-0.39, 0.29) is 11.5 Å². The Morgan fingerprint density at radius 1 is 0.781 bits per heavy atom. The van der Waals surface area contributed by atoms with Crippen molar-refractivity contribution in [3.05, 3.63) is 113 Å². The monoisotopic (exact) mass is 425 g/mol. The molecule has 4 rings (SSSR count). The first-order valence-corrected chi connectivity index (χ1v) is 10.3. The smallest absolute Gasteiger partial charge is 0.335 e. The minimum Gasteiger partial charge on any atom is -0.497 e. The fraction of sp³-hybridized carbons (Fsp3) is 0.111. The van der Waals surface area contributed by atoms with Gasteiger partial charge in [-0.25, -0.2) is 4.79 Å². The molecule has 32 heavy (non-hydrogen) atoms. The van der Waals surface area contributed by atoms with Crippen molar-refractivity contribution in [3.63, 3.8) is 0 Å². The Bertz CT molecular complexity index is 1280. The molecule has 2 N–H and O–H groups in total. The Labute approximate surface area is 186 Å². The lowest BCUT2D eigenvalue weighted by Gasteiger charge is -2.09. The van der Waals surface area contributed by atoms with Crippen LogP contribution in [0.4, 0.5) is 0 Å². The lowest BCUT2D eigenvalue weighted by molar-refractivity contribution is 0.0696. The van der Waals surface area contributed by atoms with E-state index in [1.807, 2.05) is 60.7 Å². The molecule has 0 aliphatic carbocycles. The van der Waals surface area contributed by atoms with Crippen LogP contribution in [0.3, 0.4) is 0 Å². The molecule has 0 aromatic heterocycles. The standard InChI is InChI=1S/C27H23NO4/c1-32-25-4-2-3-20(15-25)17-28-26(29)23-12-11-21-8-7-19(14-24(21)16-23)13-18-5-9-22(10-6-18)27(30)31/h2-12,14-16H,13,17H2,1H3,(H,28,29)(H,30,31). The number of rotatable bonds is 7. The fourth-order valence-electron chi connectivity index (χ4n) is 3.62. The van der Waals surface area contributed by atoms with Gasteiger partial charge in [0.2, 0.25) is 0 Å². The van der Waals surface area contributed by atoms with Gasteiger partial charge in [-0.1, -0.05) is 48.5 Å². The summed E-state index contributed by atoms with van der Waals surface area (Å²) in [5.74, 6) is -0.309. The topological polar surface area (TPSA) is 75.6 Å². The average Bonchev–Trinajstić information content (AvgIpc) is 2.82. The van der Waals surface area contributed by atoms with Crippen molar-refractivity contribution in [3.8, 4) is 5.75 Å². The number of carbonyl (C=O) groups is 2. The summed E-state index contributed by atoms with van der Waals surface area (Å²) < 4.78 is 5.23. The molecule has 0 aliphatic heterocycles. The highest BCUT2D eigenvalue weighted by molar-refractivity contribution is 5.98. The number of methoxy groups -OCH3 is 1. The largest absolute Gasteiger partial charge is 0.497 e. The summed E-state index contributed by atoms with van der Waals surface area (Å²) in [7, 11) is 1.62. The van der Waals surface area contributed by atoms with Gasteiger partial charge in [-0.15, -0.1) is 0 Å². The molecule has 4 aromatic carbocycles. The summed E-state index contributed by atoms with van der Waals surface area (Å²) in [6.45, 7) is 0.417. The number of carboxylic acids is 1. The molecular formula is C27H23NO4. The van der Waals surface area contributed by atoms with Crippen LogP contribution in [0.2, 0.25) is 0 Å². The second kappa shape index (κ2) is 9.35. The molecule has 0 spiro atoms. The molecule has 0 radical (unpaired) electrons. The minimum atomic E-state index is -0.931. The predicted octanol–water partition coefficient (Wildman–Crippen LogP) is 5.07. The third-order valence-corrected chi connectivity index (χ3v) is 5.36. The number of benzene rings is 4. The van der Waals surface area contributed by atoms with Crippen molar-refractivity contribution in [1.82, 2.24) is 5.32 Å². The minimum absolute atomic E-state index is 0.135. The quantitative estimate of drug-likeness (QED) is 0.434. The number of fused-ring (bicyclic) bond motifs is 1. The van der Waals surface area contributed by atoms with Crippen LogP contribution < -0.4 is 10.1 Å². The summed E-state index contributed by atoms with van der Waals surface area (Å²) in [6.07, 6.45) is 0.683. The van der Waals surface area contributed by atoms with E-state index in [0.29, 0.717) is 18.5 Å². The molecule has 0 bridgehead atoms. The summed E-state index contributed by atoms with van der Waals surface area (Å²) in [5.41, 5.74) is 3.96. The SMILES string of the molecule is COc1cccc(CNC(=O)c2ccc3ccc(Cc4ccc(C(=O)O)cc4)cc3c2)c1. The van der Waals surface area contributed by atoms with Crippen molar-refractivity contribution in [2.24, 2.45) is 0 Å². The summed E-state index contributed by atoms with van der Waals surface area (Å²) >= 11 is 0. The van der Waals surface area contributed by atoms with Crippen molar-refractivity contribution in [1.29, 1.82) is 0 Å². The number of carboxylic acid groups (broad SMARTS) is 1. The normalized spacial score (nSPS) is 10.7. The lowest BCUT2D eigenvalue weighted by atomic mass is 9.99. The highest BCUT2D eigenvalue weighted by atomic mass is 16.5. The van der Waals surface area contributed by atoms with E-state index in [1.54, 1.807) is 19.2 Å². The number of amides is 1. The number of ether oxygens (including phenoxy) is 1. The fourth-order valence-corrected chi connectivity index (χ4v) is 3.62. The Balaban J connectivity index is 1.48. The van der Waals surface area contributed by atoms with Crippen LogP contribution in [-0.4, -0.2) is 24.1 Å². The van der Waals surface area contributed by atoms with Crippen LogP contribution >= 0.6 is 0 Å². The van der Waals surface area contributed by atoms with Crippen molar-refractivity contribution >= 4 is 22.6 Å². The number of hydrogen-bond donors (Lipinski definition) is 2. The number of nitrogens with one attached hydrogen (secondary N) is 1. The second-order valence-electron chi connectivity index (χ2n) is 7.61. The molecule has 5 heteroatoms. The molecule has 1 amide bonds. The maximum Gasteiger partial charge on any atom is 0.335 e. The molecule has 0 unspecified atom stereocenters. The van der Waals surface area contributed by atoms with Gasteiger partial charge in [0, 0.05) is 12.1 Å².